The number of hydrogen-bond acceptors (Lipinski definition) is 2. The Morgan fingerprint density at radius 3 is 2.67 bits per heavy atom. The van der Waals surface area contributed by atoms with E-state index >= 15 is 0 Å². The highest BCUT2D eigenvalue weighted by Gasteiger charge is 2.36. The number of anilines is 1. The molecule has 2 aromatic rings. The van der Waals surface area contributed by atoms with Crippen molar-refractivity contribution in [2.24, 2.45) is 0 Å². The summed E-state index contributed by atoms with van der Waals surface area (Å²) < 4.78 is 5.85. The third-order valence-corrected chi connectivity index (χ3v) is 4.22. The van der Waals surface area contributed by atoms with Crippen molar-refractivity contribution in [2.75, 3.05) is 11.9 Å². The summed E-state index contributed by atoms with van der Waals surface area (Å²) in [6.45, 7) is 2.56. The van der Waals surface area contributed by atoms with Gasteiger partial charge in [0, 0.05) is 23.7 Å². The second-order valence-corrected chi connectivity index (χ2v) is 5.49. The van der Waals surface area contributed by atoms with Crippen LogP contribution in [0.4, 0.5) is 5.69 Å². The van der Waals surface area contributed by atoms with E-state index in [9.17, 15) is 4.79 Å². The highest BCUT2D eigenvalue weighted by atomic mass is 16.5. The Morgan fingerprint density at radius 1 is 1.05 bits per heavy atom. The zero-order chi connectivity index (χ0) is 14.6. The summed E-state index contributed by atoms with van der Waals surface area (Å²) in [5, 5.41) is 0. The number of carbonyl (C=O) groups is 1. The lowest BCUT2D eigenvalue weighted by molar-refractivity contribution is -0.112. The third kappa shape index (κ3) is 1.57. The van der Waals surface area contributed by atoms with Gasteiger partial charge in [-0.15, -0.1) is 0 Å². The van der Waals surface area contributed by atoms with E-state index in [1.165, 1.54) is 0 Å². The van der Waals surface area contributed by atoms with Crippen molar-refractivity contribution in [3.05, 3.63) is 64.7 Å². The molecule has 0 aliphatic carbocycles. The van der Waals surface area contributed by atoms with Crippen LogP contribution in [0.5, 0.6) is 0 Å². The van der Waals surface area contributed by atoms with Gasteiger partial charge in [-0.05, 0) is 12.5 Å². The zero-order valence-corrected chi connectivity index (χ0v) is 12.0. The summed E-state index contributed by atoms with van der Waals surface area (Å²) in [6.07, 6.45) is 0. The van der Waals surface area contributed by atoms with Crippen LogP contribution in [0.25, 0.3) is 11.3 Å². The maximum Gasteiger partial charge on any atom is 0.262 e. The van der Waals surface area contributed by atoms with Gasteiger partial charge in [-0.2, -0.15) is 0 Å². The molecule has 3 nitrogen and oxygen atoms in total. The van der Waals surface area contributed by atoms with Crippen LogP contribution < -0.4 is 4.90 Å². The molecule has 0 saturated carbocycles. The largest absolute Gasteiger partial charge is 0.487 e. The Labute approximate surface area is 123 Å². The number of rotatable bonds is 0. The number of likely N-dealkylation sites (N-methyl/N-ethyl adjacent to an activating group) is 1. The van der Waals surface area contributed by atoms with Gasteiger partial charge in [-0.3, -0.25) is 4.79 Å². The van der Waals surface area contributed by atoms with Gasteiger partial charge in [-0.1, -0.05) is 42.5 Å². The lowest BCUT2D eigenvalue weighted by atomic mass is 9.99. The molecule has 104 valence electrons. The SMILES string of the molecule is Cc1cccc2c1N(C)C(=O)/C2=C1/OCc2ccccc21. The first-order chi connectivity index (χ1) is 10.2. The number of amides is 1. The summed E-state index contributed by atoms with van der Waals surface area (Å²) in [7, 11) is 1.82. The minimum atomic E-state index is 0.00556. The molecule has 0 atom stereocenters. The molecule has 0 bridgehead atoms. The molecule has 0 aromatic heterocycles. The van der Waals surface area contributed by atoms with E-state index in [2.05, 4.69) is 0 Å². The average Bonchev–Trinajstić information content (AvgIpc) is 3.01. The summed E-state index contributed by atoms with van der Waals surface area (Å²) in [6, 6.07) is 14.1. The van der Waals surface area contributed by atoms with Crippen molar-refractivity contribution in [3.63, 3.8) is 0 Å². The molecular formula is C18H15NO2. The first kappa shape index (κ1) is 12.2. The molecule has 3 heteroatoms. The molecule has 2 heterocycles. The number of hydrogen-bond donors (Lipinski definition) is 0. The molecule has 2 aliphatic heterocycles. The summed E-state index contributed by atoms with van der Waals surface area (Å²) in [4.78, 5) is 14.4. The van der Waals surface area contributed by atoms with Gasteiger partial charge < -0.3 is 9.64 Å². The maximum absolute atomic E-state index is 12.7. The first-order valence-corrected chi connectivity index (χ1v) is 7.02. The molecule has 0 fully saturated rings. The van der Waals surface area contributed by atoms with E-state index in [-0.39, 0.29) is 5.91 Å². The van der Waals surface area contributed by atoms with E-state index < -0.39 is 0 Å². The number of para-hydroxylation sites is 1. The number of benzene rings is 2. The van der Waals surface area contributed by atoms with Gasteiger partial charge in [0.05, 0.1) is 11.3 Å². The van der Waals surface area contributed by atoms with E-state index in [1.54, 1.807) is 4.90 Å². The summed E-state index contributed by atoms with van der Waals surface area (Å²) >= 11 is 0. The minimum Gasteiger partial charge on any atom is -0.487 e. The second-order valence-electron chi connectivity index (χ2n) is 5.49. The smallest absolute Gasteiger partial charge is 0.262 e. The second kappa shape index (κ2) is 4.22. The summed E-state index contributed by atoms with van der Waals surface area (Å²) in [5.74, 6) is 0.720. The van der Waals surface area contributed by atoms with Crippen LogP contribution in [0.3, 0.4) is 0 Å². The molecule has 0 spiro atoms. The Balaban J connectivity index is 2.02. The number of nitrogens with zero attached hydrogens (tertiary/aromatic N) is 1. The van der Waals surface area contributed by atoms with Gasteiger partial charge in [0.2, 0.25) is 0 Å². The molecule has 1 amide bonds. The lowest BCUT2D eigenvalue weighted by Crippen LogP contribution is -2.21. The Kier molecular flexibility index (Phi) is 2.45. The topological polar surface area (TPSA) is 29.5 Å². The molecule has 0 unspecified atom stereocenters. The normalized spacial score (nSPS) is 19.5. The predicted molar refractivity (Wildman–Crippen MR) is 82.6 cm³/mol. The Bertz CT molecular complexity index is 805. The van der Waals surface area contributed by atoms with Crippen molar-refractivity contribution in [1.82, 2.24) is 0 Å². The van der Waals surface area contributed by atoms with E-state index in [1.807, 2.05) is 56.4 Å². The van der Waals surface area contributed by atoms with Crippen molar-refractivity contribution < 1.29 is 9.53 Å². The highest BCUT2D eigenvalue weighted by Crippen LogP contribution is 2.44. The van der Waals surface area contributed by atoms with Crippen LogP contribution in [0, 0.1) is 6.92 Å². The zero-order valence-electron chi connectivity index (χ0n) is 12.0. The lowest BCUT2D eigenvalue weighted by Gasteiger charge is -2.11. The van der Waals surface area contributed by atoms with Crippen LogP contribution >= 0.6 is 0 Å². The fourth-order valence-corrected chi connectivity index (χ4v) is 3.21. The van der Waals surface area contributed by atoms with E-state index in [0.29, 0.717) is 17.9 Å². The highest BCUT2D eigenvalue weighted by molar-refractivity contribution is 6.37. The van der Waals surface area contributed by atoms with Crippen molar-refractivity contribution in [2.45, 2.75) is 13.5 Å². The predicted octanol–water partition coefficient (Wildman–Crippen LogP) is 3.37. The van der Waals surface area contributed by atoms with Crippen LogP contribution in [-0.4, -0.2) is 13.0 Å². The standard InChI is InChI=1S/C18H15NO2/c1-11-6-5-9-14-15(18(20)19(2)16(11)14)17-13-8-4-3-7-12(13)10-21-17/h3-9H,10H2,1-2H3/b17-15+. The monoisotopic (exact) mass is 277 g/mol. The first-order valence-electron chi connectivity index (χ1n) is 7.02. The number of fused-ring (bicyclic) bond motifs is 2. The van der Waals surface area contributed by atoms with Crippen LogP contribution in [0.15, 0.2) is 42.5 Å². The average molecular weight is 277 g/mol. The number of carbonyl (C=O) groups excluding carboxylic acids is 1. The molecule has 0 N–H and O–H groups in total. The third-order valence-electron chi connectivity index (χ3n) is 4.22. The fourth-order valence-electron chi connectivity index (χ4n) is 3.21. The van der Waals surface area contributed by atoms with Gasteiger partial charge >= 0.3 is 0 Å². The van der Waals surface area contributed by atoms with Crippen LogP contribution in [0.2, 0.25) is 0 Å². The Morgan fingerprint density at radius 2 is 1.81 bits per heavy atom. The number of aryl methyl sites for hydroxylation is 1. The summed E-state index contributed by atoms with van der Waals surface area (Å²) in [5.41, 5.74) is 5.90. The van der Waals surface area contributed by atoms with Gasteiger partial charge in [0.1, 0.15) is 12.4 Å². The number of ether oxygens (including phenoxy) is 1. The maximum atomic E-state index is 12.7. The molecular weight excluding hydrogens is 262 g/mol. The van der Waals surface area contributed by atoms with Gasteiger partial charge in [-0.25, -0.2) is 0 Å². The fraction of sp³-hybridized carbons (Fsp3) is 0.167. The molecule has 2 aliphatic rings. The molecule has 2 aromatic carbocycles. The minimum absolute atomic E-state index is 0.00556. The van der Waals surface area contributed by atoms with Crippen molar-refractivity contribution in [1.29, 1.82) is 0 Å². The molecule has 4 rings (SSSR count). The molecule has 0 saturated heterocycles. The Hall–Kier alpha value is -2.55. The van der Waals surface area contributed by atoms with Gasteiger partial charge in [0.25, 0.3) is 5.91 Å². The van der Waals surface area contributed by atoms with Crippen LogP contribution in [-0.2, 0) is 16.1 Å². The van der Waals surface area contributed by atoms with Crippen molar-refractivity contribution in [3.8, 4) is 0 Å². The van der Waals surface area contributed by atoms with Crippen molar-refractivity contribution >= 4 is 22.9 Å². The van der Waals surface area contributed by atoms with E-state index in [4.69, 9.17) is 4.74 Å². The van der Waals surface area contributed by atoms with Gasteiger partial charge in [0.15, 0.2) is 0 Å². The van der Waals surface area contributed by atoms with E-state index in [0.717, 1.165) is 27.9 Å². The molecule has 0 radical (unpaired) electrons. The molecule has 21 heavy (non-hydrogen) atoms. The van der Waals surface area contributed by atoms with Crippen LogP contribution in [0.1, 0.15) is 22.3 Å². The quantitative estimate of drug-likeness (QED) is 0.691.